The molecule has 0 aliphatic heterocycles. The van der Waals surface area contributed by atoms with Gasteiger partial charge < -0.3 is 5.32 Å². The number of nitrogens with zero attached hydrogens (tertiary/aromatic N) is 2. The molecule has 1 amide bonds. The van der Waals surface area contributed by atoms with Crippen LogP contribution in [-0.4, -0.2) is 27.5 Å². The lowest BCUT2D eigenvalue weighted by Gasteiger charge is -2.11. The summed E-state index contributed by atoms with van der Waals surface area (Å²) in [4.78, 5) is 12.0. The van der Waals surface area contributed by atoms with Crippen molar-refractivity contribution in [1.29, 1.82) is 0 Å². The lowest BCUT2D eigenvalue weighted by atomic mass is 10.1. The van der Waals surface area contributed by atoms with Gasteiger partial charge in [-0.05, 0) is 18.1 Å². The van der Waals surface area contributed by atoms with E-state index in [4.69, 9.17) is 0 Å². The number of nitrogens with one attached hydrogen (secondary N) is 1. The molecular formula is C15H19N3OS. The van der Waals surface area contributed by atoms with E-state index < -0.39 is 0 Å². The van der Waals surface area contributed by atoms with Gasteiger partial charge in [-0.25, -0.2) is 0 Å². The number of benzene rings is 1. The van der Waals surface area contributed by atoms with Gasteiger partial charge in [-0.1, -0.05) is 30.3 Å². The molecule has 1 aromatic heterocycles. The third-order valence-electron chi connectivity index (χ3n) is 3.18. The summed E-state index contributed by atoms with van der Waals surface area (Å²) in [5.41, 5.74) is 2.22. The van der Waals surface area contributed by atoms with Crippen molar-refractivity contribution in [3.8, 4) is 0 Å². The largest absolute Gasteiger partial charge is 0.355 e. The summed E-state index contributed by atoms with van der Waals surface area (Å²) in [5, 5.41) is 6.69. The standard InChI is InChI=1S/C15H19N3OS/c1-18-13(8-10-17-18)7-9-16-15(19)14(20)11-12-5-3-2-4-6-12/h2-6,8,10,14,20H,7,9,11H2,1H3,(H,16,19). The predicted octanol–water partition coefficient (Wildman–Crippen LogP) is 1.62. The summed E-state index contributed by atoms with van der Waals surface area (Å²) in [6, 6.07) is 11.9. The van der Waals surface area contributed by atoms with Crippen LogP contribution >= 0.6 is 12.6 Å². The molecule has 1 heterocycles. The number of thiol groups is 1. The zero-order valence-corrected chi connectivity index (χ0v) is 12.4. The van der Waals surface area contributed by atoms with Crippen molar-refractivity contribution in [3.63, 3.8) is 0 Å². The van der Waals surface area contributed by atoms with E-state index in [1.54, 1.807) is 6.20 Å². The van der Waals surface area contributed by atoms with Gasteiger partial charge in [0.15, 0.2) is 0 Å². The molecule has 0 saturated heterocycles. The van der Waals surface area contributed by atoms with E-state index in [-0.39, 0.29) is 11.2 Å². The second kappa shape index (κ2) is 7.14. The second-order valence-electron chi connectivity index (χ2n) is 4.69. The molecule has 1 aromatic carbocycles. The molecule has 5 heteroatoms. The topological polar surface area (TPSA) is 46.9 Å². The zero-order valence-electron chi connectivity index (χ0n) is 11.5. The number of aromatic nitrogens is 2. The van der Waals surface area contributed by atoms with Gasteiger partial charge in [-0.3, -0.25) is 9.48 Å². The SMILES string of the molecule is Cn1nccc1CCNC(=O)C(S)Cc1ccccc1. The molecule has 0 saturated carbocycles. The van der Waals surface area contributed by atoms with Crippen LogP contribution in [0.2, 0.25) is 0 Å². The van der Waals surface area contributed by atoms with Gasteiger partial charge in [-0.2, -0.15) is 17.7 Å². The van der Waals surface area contributed by atoms with Gasteiger partial charge in [0.05, 0.1) is 5.25 Å². The molecule has 4 nitrogen and oxygen atoms in total. The molecule has 1 atom stereocenters. The Bertz CT molecular complexity index is 553. The fraction of sp³-hybridized carbons (Fsp3) is 0.333. The van der Waals surface area contributed by atoms with Crippen molar-refractivity contribution in [2.75, 3.05) is 6.54 Å². The highest BCUT2D eigenvalue weighted by atomic mass is 32.1. The van der Waals surface area contributed by atoms with Crippen molar-refractivity contribution in [2.45, 2.75) is 18.1 Å². The fourth-order valence-electron chi connectivity index (χ4n) is 2.01. The van der Waals surface area contributed by atoms with Gasteiger partial charge >= 0.3 is 0 Å². The van der Waals surface area contributed by atoms with E-state index in [0.29, 0.717) is 13.0 Å². The molecular weight excluding hydrogens is 270 g/mol. The maximum atomic E-state index is 12.0. The van der Waals surface area contributed by atoms with Gasteiger partial charge in [0, 0.05) is 31.9 Å². The van der Waals surface area contributed by atoms with Crippen molar-refractivity contribution in [1.82, 2.24) is 15.1 Å². The summed E-state index contributed by atoms with van der Waals surface area (Å²) < 4.78 is 1.81. The fourth-order valence-corrected chi connectivity index (χ4v) is 2.31. The summed E-state index contributed by atoms with van der Waals surface area (Å²) in [6.07, 6.45) is 3.17. The first-order valence-corrected chi connectivity index (χ1v) is 7.15. The molecule has 2 aromatic rings. The van der Waals surface area contributed by atoms with Gasteiger partial charge in [0.2, 0.25) is 5.91 Å². The average Bonchev–Trinajstić information content (AvgIpc) is 2.85. The molecule has 0 bridgehead atoms. The van der Waals surface area contributed by atoms with Crippen molar-refractivity contribution < 1.29 is 4.79 Å². The Labute approximate surface area is 124 Å². The van der Waals surface area contributed by atoms with Crippen molar-refractivity contribution >= 4 is 18.5 Å². The zero-order chi connectivity index (χ0) is 14.4. The van der Waals surface area contributed by atoms with Crippen LogP contribution in [0.3, 0.4) is 0 Å². The molecule has 1 unspecified atom stereocenters. The molecule has 0 aliphatic rings. The highest BCUT2D eigenvalue weighted by Crippen LogP contribution is 2.07. The number of carbonyl (C=O) groups is 1. The maximum absolute atomic E-state index is 12.0. The minimum absolute atomic E-state index is 0.0284. The smallest absolute Gasteiger partial charge is 0.233 e. The van der Waals surface area contributed by atoms with Crippen LogP contribution in [0.1, 0.15) is 11.3 Å². The number of carbonyl (C=O) groups excluding carboxylic acids is 1. The van der Waals surface area contributed by atoms with Gasteiger partial charge in [0.25, 0.3) is 0 Å². The number of hydrogen-bond acceptors (Lipinski definition) is 3. The first-order valence-electron chi connectivity index (χ1n) is 6.63. The first kappa shape index (κ1) is 14.7. The van der Waals surface area contributed by atoms with Gasteiger partial charge in [-0.15, -0.1) is 0 Å². The van der Waals surface area contributed by atoms with E-state index in [1.165, 1.54) is 0 Å². The summed E-state index contributed by atoms with van der Waals surface area (Å²) >= 11 is 4.38. The predicted molar refractivity (Wildman–Crippen MR) is 82.8 cm³/mol. The summed E-state index contributed by atoms with van der Waals surface area (Å²) in [5.74, 6) is -0.0284. The first-order chi connectivity index (χ1) is 9.66. The summed E-state index contributed by atoms with van der Waals surface area (Å²) in [7, 11) is 1.90. The molecule has 20 heavy (non-hydrogen) atoms. The highest BCUT2D eigenvalue weighted by Gasteiger charge is 2.13. The number of amides is 1. The maximum Gasteiger partial charge on any atom is 0.233 e. The van der Waals surface area contributed by atoms with E-state index in [9.17, 15) is 4.79 Å². The Morgan fingerprint density at radius 3 is 2.75 bits per heavy atom. The molecule has 2 rings (SSSR count). The van der Waals surface area contributed by atoms with Crippen LogP contribution in [0.25, 0.3) is 0 Å². The minimum Gasteiger partial charge on any atom is -0.355 e. The highest BCUT2D eigenvalue weighted by molar-refractivity contribution is 7.81. The normalized spacial score (nSPS) is 12.1. The van der Waals surface area contributed by atoms with E-state index >= 15 is 0 Å². The lowest BCUT2D eigenvalue weighted by molar-refractivity contribution is -0.120. The molecule has 0 aliphatic carbocycles. The molecule has 0 spiro atoms. The molecule has 0 fully saturated rings. The van der Waals surface area contributed by atoms with Crippen molar-refractivity contribution in [2.24, 2.45) is 7.05 Å². The third kappa shape index (κ3) is 4.13. The van der Waals surface area contributed by atoms with E-state index in [1.807, 2.05) is 48.1 Å². The summed E-state index contributed by atoms with van der Waals surface area (Å²) in [6.45, 7) is 0.601. The Morgan fingerprint density at radius 1 is 1.35 bits per heavy atom. The molecule has 1 N–H and O–H groups in total. The van der Waals surface area contributed by atoms with Crippen LogP contribution in [0.5, 0.6) is 0 Å². The average molecular weight is 289 g/mol. The monoisotopic (exact) mass is 289 g/mol. The van der Waals surface area contributed by atoms with Crippen LogP contribution in [0, 0.1) is 0 Å². The van der Waals surface area contributed by atoms with Crippen LogP contribution < -0.4 is 5.32 Å². The Morgan fingerprint density at radius 2 is 2.10 bits per heavy atom. The molecule has 0 radical (unpaired) electrons. The van der Waals surface area contributed by atoms with Gasteiger partial charge in [0.1, 0.15) is 0 Å². The number of hydrogen-bond donors (Lipinski definition) is 2. The van der Waals surface area contributed by atoms with Crippen molar-refractivity contribution in [3.05, 3.63) is 53.9 Å². The van der Waals surface area contributed by atoms with Crippen LogP contribution in [0.15, 0.2) is 42.6 Å². The Hall–Kier alpha value is -1.75. The minimum atomic E-state index is -0.316. The Kier molecular flexibility index (Phi) is 5.24. The molecule has 106 valence electrons. The van der Waals surface area contributed by atoms with Crippen LogP contribution in [-0.2, 0) is 24.7 Å². The van der Waals surface area contributed by atoms with E-state index in [2.05, 4.69) is 23.0 Å². The number of aryl methyl sites for hydroxylation is 1. The third-order valence-corrected chi connectivity index (χ3v) is 3.59. The second-order valence-corrected chi connectivity index (χ2v) is 5.32. The Balaban J connectivity index is 1.76. The quantitative estimate of drug-likeness (QED) is 0.794. The number of rotatable bonds is 6. The van der Waals surface area contributed by atoms with E-state index in [0.717, 1.165) is 17.7 Å². The lowest BCUT2D eigenvalue weighted by Crippen LogP contribution is -2.34. The van der Waals surface area contributed by atoms with Crippen LogP contribution in [0.4, 0.5) is 0 Å².